The summed E-state index contributed by atoms with van der Waals surface area (Å²) in [6, 6.07) is 13.0. The van der Waals surface area contributed by atoms with Crippen molar-refractivity contribution in [2.75, 3.05) is 25.4 Å². The van der Waals surface area contributed by atoms with Crippen LogP contribution in [-0.4, -0.2) is 44.0 Å². The SMILES string of the molecule is Cc1ccc(CS(=O)(=O)N2CCC(C(=O)NCCSCc3ccc(Cl)cc3Cl)CC2)cc1. The van der Waals surface area contributed by atoms with Gasteiger partial charge in [-0.25, -0.2) is 12.7 Å². The molecule has 1 aliphatic rings. The van der Waals surface area contributed by atoms with Gasteiger partial charge >= 0.3 is 0 Å². The Kier molecular flexibility index (Phi) is 9.32. The van der Waals surface area contributed by atoms with Crippen molar-refractivity contribution in [1.29, 1.82) is 0 Å². The van der Waals surface area contributed by atoms with Crippen LogP contribution in [0.2, 0.25) is 10.0 Å². The van der Waals surface area contributed by atoms with E-state index in [1.54, 1.807) is 17.8 Å². The first kappa shape index (κ1) is 25.4. The van der Waals surface area contributed by atoms with Gasteiger partial charge in [0.25, 0.3) is 0 Å². The summed E-state index contributed by atoms with van der Waals surface area (Å²) in [6.07, 6.45) is 1.10. The maximum absolute atomic E-state index is 12.7. The summed E-state index contributed by atoms with van der Waals surface area (Å²) in [5.41, 5.74) is 2.91. The summed E-state index contributed by atoms with van der Waals surface area (Å²) in [4.78, 5) is 12.5. The van der Waals surface area contributed by atoms with Crippen LogP contribution in [0, 0.1) is 12.8 Å². The topological polar surface area (TPSA) is 66.5 Å². The molecule has 0 aliphatic carbocycles. The smallest absolute Gasteiger partial charge is 0.223 e. The molecule has 1 saturated heterocycles. The molecule has 1 fully saturated rings. The maximum atomic E-state index is 12.7. The first-order valence-corrected chi connectivity index (χ1v) is 14.1. The zero-order chi connectivity index (χ0) is 23.1. The molecule has 2 aromatic carbocycles. The van der Waals surface area contributed by atoms with Crippen LogP contribution in [0.1, 0.15) is 29.5 Å². The highest BCUT2D eigenvalue weighted by atomic mass is 35.5. The van der Waals surface area contributed by atoms with Gasteiger partial charge in [-0.1, -0.05) is 59.1 Å². The zero-order valence-electron chi connectivity index (χ0n) is 18.0. The molecule has 1 aliphatic heterocycles. The quantitative estimate of drug-likeness (QED) is 0.483. The molecule has 2 aromatic rings. The predicted molar refractivity (Wildman–Crippen MR) is 134 cm³/mol. The summed E-state index contributed by atoms with van der Waals surface area (Å²) in [6.45, 7) is 3.31. The van der Waals surface area contributed by atoms with E-state index in [0.29, 0.717) is 42.5 Å². The number of sulfonamides is 1. The number of carbonyl (C=O) groups excluding carboxylic acids is 1. The van der Waals surface area contributed by atoms with Gasteiger partial charge in [0.2, 0.25) is 15.9 Å². The molecule has 0 bridgehead atoms. The Morgan fingerprint density at radius 2 is 1.81 bits per heavy atom. The van der Waals surface area contributed by atoms with Crippen molar-refractivity contribution in [3.05, 3.63) is 69.2 Å². The molecule has 1 N–H and O–H groups in total. The van der Waals surface area contributed by atoms with Gasteiger partial charge in [-0.05, 0) is 43.0 Å². The number of carbonyl (C=O) groups is 1. The fourth-order valence-corrected chi connectivity index (χ4v) is 6.57. The van der Waals surface area contributed by atoms with E-state index in [-0.39, 0.29) is 17.6 Å². The highest BCUT2D eigenvalue weighted by Crippen LogP contribution is 2.25. The van der Waals surface area contributed by atoms with Crippen molar-refractivity contribution in [3.63, 3.8) is 0 Å². The van der Waals surface area contributed by atoms with Gasteiger partial charge in [-0.3, -0.25) is 4.79 Å². The monoisotopic (exact) mass is 514 g/mol. The minimum Gasteiger partial charge on any atom is -0.355 e. The van der Waals surface area contributed by atoms with Gasteiger partial charge in [0.1, 0.15) is 0 Å². The molecule has 32 heavy (non-hydrogen) atoms. The molecule has 0 spiro atoms. The Morgan fingerprint density at radius 3 is 2.47 bits per heavy atom. The van der Waals surface area contributed by atoms with Gasteiger partial charge < -0.3 is 5.32 Å². The van der Waals surface area contributed by atoms with E-state index in [1.165, 1.54) is 4.31 Å². The molecule has 5 nitrogen and oxygen atoms in total. The molecule has 1 amide bonds. The lowest BCUT2D eigenvalue weighted by atomic mass is 9.97. The van der Waals surface area contributed by atoms with Crippen LogP contribution < -0.4 is 5.32 Å². The Morgan fingerprint density at radius 1 is 1.12 bits per heavy atom. The number of benzene rings is 2. The number of thioether (sulfide) groups is 1. The summed E-state index contributed by atoms with van der Waals surface area (Å²) >= 11 is 13.8. The van der Waals surface area contributed by atoms with Gasteiger partial charge in [0.05, 0.1) is 5.75 Å². The third-order valence-electron chi connectivity index (χ3n) is 5.51. The lowest BCUT2D eigenvalue weighted by Crippen LogP contribution is -2.43. The van der Waals surface area contributed by atoms with Gasteiger partial charge in [0, 0.05) is 47.1 Å². The molecule has 0 radical (unpaired) electrons. The number of hydrogen-bond acceptors (Lipinski definition) is 4. The second kappa shape index (κ2) is 11.7. The molecule has 0 aromatic heterocycles. The second-order valence-corrected chi connectivity index (χ2v) is 11.9. The molecule has 3 rings (SSSR count). The molecule has 0 unspecified atom stereocenters. The molecule has 174 valence electrons. The Bertz CT molecular complexity index is 1020. The Balaban J connectivity index is 1.37. The molecular weight excluding hydrogens is 487 g/mol. The minimum absolute atomic E-state index is 0.000990. The summed E-state index contributed by atoms with van der Waals surface area (Å²) in [5, 5.41) is 4.25. The van der Waals surface area contributed by atoms with E-state index in [9.17, 15) is 13.2 Å². The lowest BCUT2D eigenvalue weighted by Gasteiger charge is -2.30. The predicted octanol–water partition coefficient (Wildman–Crippen LogP) is 4.89. The highest BCUT2D eigenvalue weighted by Gasteiger charge is 2.31. The number of rotatable bonds is 9. The average Bonchev–Trinajstić information content (AvgIpc) is 2.76. The standard InChI is InChI=1S/C23H28Cl2N2O3S2/c1-17-2-4-18(5-3-17)16-32(29,30)27-11-8-19(9-12-27)23(28)26-10-13-31-15-20-6-7-21(24)14-22(20)25/h2-7,14,19H,8-13,15-16H2,1H3,(H,26,28). The van der Waals surface area contributed by atoms with Crippen LogP contribution in [0.25, 0.3) is 0 Å². The number of halogens is 2. The normalized spacial score (nSPS) is 15.6. The summed E-state index contributed by atoms with van der Waals surface area (Å²) in [7, 11) is -3.38. The third-order valence-corrected chi connectivity index (χ3v) is 8.95. The molecule has 0 saturated carbocycles. The summed E-state index contributed by atoms with van der Waals surface area (Å²) < 4.78 is 27.0. The van der Waals surface area contributed by atoms with Crippen LogP contribution in [-0.2, 0) is 26.3 Å². The van der Waals surface area contributed by atoms with E-state index < -0.39 is 10.0 Å². The third kappa shape index (κ3) is 7.39. The Labute approximate surface area is 204 Å². The second-order valence-electron chi connectivity index (χ2n) is 7.99. The van der Waals surface area contributed by atoms with Crippen molar-refractivity contribution in [1.82, 2.24) is 9.62 Å². The van der Waals surface area contributed by atoms with Crippen LogP contribution in [0.15, 0.2) is 42.5 Å². The fraction of sp³-hybridized carbons (Fsp3) is 0.435. The number of piperidine rings is 1. The van der Waals surface area contributed by atoms with Gasteiger partial charge in [0.15, 0.2) is 0 Å². The van der Waals surface area contributed by atoms with E-state index in [4.69, 9.17) is 23.2 Å². The molecule has 1 heterocycles. The van der Waals surface area contributed by atoms with Crippen molar-refractivity contribution in [2.45, 2.75) is 31.3 Å². The van der Waals surface area contributed by atoms with E-state index in [2.05, 4.69) is 5.32 Å². The van der Waals surface area contributed by atoms with Crippen LogP contribution in [0.5, 0.6) is 0 Å². The molecular formula is C23H28Cl2N2O3S2. The van der Waals surface area contributed by atoms with E-state index >= 15 is 0 Å². The molecule has 9 heteroatoms. The number of aryl methyl sites for hydroxylation is 1. The van der Waals surface area contributed by atoms with Crippen molar-refractivity contribution < 1.29 is 13.2 Å². The van der Waals surface area contributed by atoms with E-state index in [0.717, 1.165) is 28.2 Å². The number of nitrogens with zero attached hydrogens (tertiary/aromatic N) is 1. The van der Waals surface area contributed by atoms with Crippen LogP contribution >= 0.6 is 35.0 Å². The minimum atomic E-state index is -3.38. The lowest BCUT2D eigenvalue weighted by molar-refractivity contribution is -0.125. The fourth-order valence-electron chi connectivity index (χ4n) is 3.59. The van der Waals surface area contributed by atoms with Crippen molar-refractivity contribution in [3.8, 4) is 0 Å². The first-order valence-electron chi connectivity index (χ1n) is 10.6. The zero-order valence-corrected chi connectivity index (χ0v) is 21.2. The first-order chi connectivity index (χ1) is 15.2. The van der Waals surface area contributed by atoms with E-state index in [1.807, 2.05) is 43.3 Å². The Hall–Kier alpha value is -1.25. The number of hydrogen-bond donors (Lipinski definition) is 1. The largest absolute Gasteiger partial charge is 0.355 e. The van der Waals surface area contributed by atoms with Crippen LogP contribution in [0.4, 0.5) is 0 Å². The number of nitrogens with one attached hydrogen (secondary N) is 1. The summed E-state index contributed by atoms with van der Waals surface area (Å²) in [5.74, 6) is 1.39. The van der Waals surface area contributed by atoms with Crippen molar-refractivity contribution >= 4 is 50.9 Å². The number of amides is 1. The van der Waals surface area contributed by atoms with Gasteiger partial charge in [-0.15, -0.1) is 0 Å². The van der Waals surface area contributed by atoms with Gasteiger partial charge in [-0.2, -0.15) is 11.8 Å². The average molecular weight is 516 g/mol. The maximum Gasteiger partial charge on any atom is 0.223 e. The highest BCUT2D eigenvalue weighted by molar-refractivity contribution is 7.98. The van der Waals surface area contributed by atoms with Crippen molar-refractivity contribution in [2.24, 2.45) is 5.92 Å². The molecule has 0 atom stereocenters. The van der Waals surface area contributed by atoms with Crippen LogP contribution in [0.3, 0.4) is 0 Å².